The first-order valence-electron chi connectivity index (χ1n) is 11.4. The number of aromatic amines is 1. The molecule has 2 aliphatic rings. The third kappa shape index (κ3) is 4.19. The van der Waals surface area contributed by atoms with Crippen LogP contribution in [-0.4, -0.2) is 46.6 Å². The van der Waals surface area contributed by atoms with Crippen molar-refractivity contribution in [2.24, 2.45) is 0 Å². The SMILES string of the molecule is Cc1ccc(NC(=O)N2CC[CH]CC2N2CCC(c3c[nH]c4ccccc34)CC2)cc1. The van der Waals surface area contributed by atoms with Crippen LogP contribution in [-0.2, 0) is 0 Å². The molecule has 2 aromatic carbocycles. The van der Waals surface area contributed by atoms with Gasteiger partial charge in [0.05, 0.1) is 6.17 Å². The largest absolute Gasteiger partial charge is 0.361 e. The van der Waals surface area contributed by atoms with E-state index in [0.29, 0.717) is 5.92 Å². The molecule has 2 aliphatic heterocycles. The van der Waals surface area contributed by atoms with Crippen molar-refractivity contribution in [2.75, 3.05) is 25.0 Å². The maximum atomic E-state index is 13.1. The van der Waals surface area contributed by atoms with Crippen LogP contribution in [0, 0.1) is 13.3 Å². The number of amides is 2. The summed E-state index contributed by atoms with van der Waals surface area (Å²) < 4.78 is 0. The fraction of sp³-hybridized carbons (Fsp3) is 0.385. The Morgan fingerprint density at radius 3 is 2.61 bits per heavy atom. The highest BCUT2D eigenvalue weighted by Crippen LogP contribution is 2.35. The number of benzene rings is 2. The lowest BCUT2D eigenvalue weighted by Gasteiger charge is -2.45. The van der Waals surface area contributed by atoms with Crippen LogP contribution in [0.15, 0.2) is 54.7 Å². The Kier molecular flexibility index (Phi) is 5.68. The molecule has 0 saturated carbocycles. The van der Waals surface area contributed by atoms with E-state index in [0.717, 1.165) is 51.0 Å². The Labute approximate surface area is 184 Å². The van der Waals surface area contributed by atoms with Gasteiger partial charge in [-0.25, -0.2) is 4.79 Å². The smallest absolute Gasteiger partial charge is 0.323 e. The number of nitrogens with one attached hydrogen (secondary N) is 2. The molecule has 161 valence electrons. The molecule has 0 bridgehead atoms. The predicted molar refractivity (Wildman–Crippen MR) is 126 cm³/mol. The van der Waals surface area contributed by atoms with Crippen molar-refractivity contribution in [1.29, 1.82) is 0 Å². The molecule has 3 aromatic rings. The van der Waals surface area contributed by atoms with Crippen LogP contribution in [0.25, 0.3) is 10.9 Å². The number of carbonyl (C=O) groups is 1. The van der Waals surface area contributed by atoms with E-state index >= 15 is 0 Å². The van der Waals surface area contributed by atoms with E-state index in [2.05, 4.69) is 59.0 Å². The highest BCUT2D eigenvalue weighted by Gasteiger charge is 2.34. The standard InChI is InChI=1S/C26H31N4O/c1-19-9-11-21(12-10-19)28-26(31)30-15-5-4-8-25(30)29-16-13-20(14-17-29)23-18-27-24-7-3-2-6-22(23)24/h2-4,6-7,9-12,18,20,25,27H,5,8,13-17H2,1H3,(H,28,31). The fourth-order valence-electron chi connectivity index (χ4n) is 5.13. The van der Waals surface area contributed by atoms with Crippen LogP contribution in [0.3, 0.4) is 0 Å². The minimum absolute atomic E-state index is 0.0145. The monoisotopic (exact) mass is 415 g/mol. The van der Waals surface area contributed by atoms with E-state index in [-0.39, 0.29) is 12.2 Å². The van der Waals surface area contributed by atoms with Crippen molar-refractivity contribution >= 4 is 22.6 Å². The normalized spacial score (nSPS) is 20.8. The van der Waals surface area contributed by atoms with Gasteiger partial charge >= 0.3 is 6.03 Å². The highest BCUT2D eigenvalue weighted by atomic mass is 16.2. The first-order valence-corrected chi connectivity index (χ1v) is 11.4. The lowest BCUT2D eigenvalue weighted by molar-refractivity contribution is 0.0394. The van der Waals surface area contributed by atoms with Crippen molar-refractivity contribution in [3.8, 4) is 0 Å². The number of aryl methyl sites for hydroxylation is 1. The third-order valence-electron chi connectivity index (χ3n) is 6.89. The third-order valence-corrected chi connectivity index (χ3v) is 6.89. The highest BCUT2D eigenvalue weighted by molar-refractivity contribution is 5.89. The molecule has 2 fully saturated rings. The Bertz CT molecular complexity index is 1030. The number of anilines is 1. The first kappa shape index (κ1) is 20.1. The molecule has 5 rings (SSSR count). The number of hydrogen-bond acceptors (Lipinski definition) is 2. The number of fused-ring (bicyclic) bond motifs is 1. The van der Waals surface area contributed by atoms with Crippen LogP contribution in [0.4, 0.5) is 10.5 Å². The first-order chi connectivity index (χ1) is 15.2. The second kappa shape index (κ2) is 8.75. The molecular formula is C26H31N4O. The summed E-state index contributed by atoms with van der Waals surface area (Å²) in [6.45, 7) is 4.89. The van der Waals surface area contributed by atoms with Crippen LogP contribution >= 0.6 is 0 Å². The number of nitrogens with zero attached hydrogens (tertiary/aromatic N) is 2. The number of H-pyrrole nitrogens is 1. The average molecular weight is 416 g/mol. The van der Waals surface area contributed by atoms with Gasteiger partial charge in [-0.1, -0.05) is 35.9 Å². The summed E-state index contributed by atoms with van der Waals surface area (Å²) in [5.41, 5.74) is 4.73. The van der Waals surface area contributed by atoms with Gasteiger partial charge in [-0.15, -0.1) is 0 Å². The molecule has 1 atom stereocenters. The Hall–Kier alpha value is -2.79. The van der Waals surface area contributed by atoms with Crippen LogP contribution in [0.2, 0.25) is 0 Å². The second-order valence-corrected chi connectivity index (χ2v) is 8.88. The molecule has 2 amide bonds. The van der Waals surface area contributed by atoms with Gasteiger partial charge in [0.25, 0.3) is 0 Å². The van der Waals surface area contributed by atoms with Gasteiger partial charge < -0.3 is 15.2 Å². The molecule has 0 aliphatic carbocycles. The number of likely N-dealkylation sites (tertiary alicyclic amines) is 2. The zero-order chi connectivity index (χ0) is 21.2. The maximum Gasteiger partial charge on any atom is 0.323 e. The fourth-order valence-corrected chi connectivity index (χ4v) is 5.13. The van der Waals surface area contributed by atoms with Crippen molar-refractivity contribution < 1.29 is 4.79 Å². The van der Waals surface area contributed by atoms with E-state index in [1.54, 1.807) is 0 Å². The van der Waals surface area contributed by atoms with Crippen molar-refractivity contribution in [2.45, 2.75) is 44.7 Å². The van der Waals surface area contributed by atoms with E-state index < -0.39 is 0 Å². The number of piperidine rings is 2. The number of urea groups is 1. The van der Waals surface area contributed by atoms with E-state index in [1.165, 1.54) is 22.0 Å². The van der Waals surface area contributed by atoms with Gasteiger partial charge in [0.15, 0.2) is 0 Å². The van der Waals surface area contributed by atoms with Gasteiger partial charge in [0, 0.05) is 42.4 Å². The number of rotatable bonds is 3. The van der Waals surface area contributed by atoms with Crippen LogP contribution in [0.5, 0.6) is 0 Å². The van der Waals surface area contributed by atoms with E-state index in [4.69, 9.17) is 0 Å². The topological polar surface area (TPSA) is 51.4 Å². The number of hydrogen-bond donors (Lipinski definition) is 2. The summed E-state index contributed by atoms with van der Waals surface area (Å²) in [7, 11) is 0. The van der Waals surface area contributed by atoms with Gasteiger partial charge in [-0.2, -0.15) is 0 Å². The van der Waals surface area contributed by atoms with Gasteiger partial charge in [-0.3, -0.25) is 4.90 Å². The zero-order valence-corrected chi connectivity index (χ0v) is 18.2. The van der Waals surface area contributed by atoms with Gasteiger partial charge in [-0.05, 0) is 68.7 Å². The quantitative estimate of drug-likeness (QED) is 0.592. The number of aromatic nitrogens is 1. The summed E-state index contributed by atoms with van der Waals surface area (Å²) >= 11 is 0. The molecule has 0 spiro atoms. The molecular weight excluding hydrogens is 384 g/mol. The Balaban J connectivity index is 1.25. The molecule has 1 radical (unpaired) electrons. The Morgan fingerprint density at radius 1 is 1.03 bits per heavy atom. The minimum Gasteiger partial charge on any atom is -0.361 e. The minimum atomic E-state index is 0.0145. The molecule has 5 nitrogen and oxygen atoms in total. The molecule has 3 heterocycles. The molecule has 5 heteroatoms. The zero-order valence-electron chi connectivity index (χ0n) is 18.2. The van der Waals surface area contributed by atoms with Crippen LogP contribution < -0.4 is 5.32 Å². The lowest BCUT2D eigenvalue weighted by atomic mass is 9.88. The van der Waals surface area contributed by atoms with Crippen molar-refractivity contribution in [3.63, 3.8) is 0 Å². The maximum absolute atomic E-state index is 13.1. The number of para-hydroxylation sites is 1. The van der Waals surface area contributed by atoms with Gasteiger partial charge in [0.1, 0.15) is 0 Å². The molecule has 1 aromatic heterocycles. The molecule has 1 unspecified atom stereocenters. The van der Waals surface area contributed by atoms with Crippen molar-refractivity contribution in [1.82, 2.24) is 14.8 Å². The average Bonchev–Trinajstić information content (AvgIpc) is 3.25. The van der Waals surface area contributed by atoms with Gasteiger partial charge in [0.2, 0.25) is 0 Å². The summed E-state index contributed by atoms with van der Waals surface area (Å²) in [5, 5.41) is 4.45. The molecule has 2 saturated heterocycles. The van der Waals surface area contributed by atoms with Crippen LogP contribution in [0.1, 0.15) is 42.7 Å². The summed E-state index contributed by atoms with van der Waals surface area (Å²) in [6, 6.07) is 16.6. The predicted octanol–water partition coefficient (Wildman–Crippen LogP) is 5.51. The molecule has 2 N–H and O–H groups in total. The van der Waals surface area contributed by atoms with E-state index in [1.807, 2.05) is 29.2 Å². The number of carbonyl (C=O) groups excluding carboxylic acids is 1. The molecule has 31 heavy (non-hydrogen) atoms. The summed E-state index contributed by atoms with van der Waals surface area (Å²) in [5.74, 6) is 0.579. The summed E-state index contributed by atoms with van der Waals surface area (Å²) in [4.78, 5) is 21.0. The Morgan fingerprint density at radius 2 is 1.81 bits per heavy atom. The second-order valence-electron chi connectivity index (χ2n) is 8.88. The lowest BCUT2D eigenvalue weighted by Crippen LogP contribution is -2.56. The van der Waals surface area contributed by atoms with Crippen molar-refractivity contribution in [3.05, 3.63) is 72.3 Å². The van der Waals surface area contributed by atoms with E-state index in [9.17, 15) is 4.79 Å². The summed E-state index contributed by atoms with van der Waals surface area (Å²) in [6.07, 6.45) is 8.86.